The lowest BCUT2D eigenvalue weighted by Gasteiger charge is -2.48. The van der Waals surface area contributed by atoms with Gasteiger partial charge in [-0.2, -0.15) is 0 Å². The van der Waals surface area contributed by atoms with Crippen molar-refractivity contribution in [1.29, 1.82) is 0 Å². The second-order valence-electron chi connectivity index (χ2n) is 8.41. The van der Waals surface area contributed by atoms with Crippen LogP contribution in [-0.2, 0) is 42.8 Å². The number of carbonyl (C=O) groups excluding carboxylic acids is 3. The molecule has 1 N–H and O–H groups in total. The highest BCUT2D eigenvalue weighted by molar-refractivity contribution is 5.74. The molecule has 7 atom stereocenters. The molecule has 2 saturated heterocycles. The van der Waals surface area contributed by atoms with Gasteiger partial charge in [0.05, 0.1) is 19.1 Å². The van der Waals surface area contributed by atoms with Gasteiger partial charge in [-0.05, 0) is 6.92 Å². The molecule has 0 saturated carbocycles. The predicted octanol–water partition coefficient (Wildman–Crippen LogP) is 2.03. The van der Waals surface area contributed by atoms with Crippen molar-refractivity contribution in [1.82, 2.24) is 5.32 Å². The van der Waals surface area contributed by atoms with Gasteiger partial charge in [-0.3, -0.25) is 14.4 Å². The van der Waals surface area contributed by atoms with E-state index in [0.29, 0.717) is 0 Å². The lowest BCUT2D eigenvalue weighted by atomic mass is 9.95. The maximum absolute atomic E-state index is 12.3. The maximum Gasteiger partial charge on any atom is 0.311 e. The van der Waals surface area contributed by atoms with Crippen LogP contribution >= 0.6 is 0 Å². The third-order valence-electron chi connectivity index (χ3n) is 5.59. The van der Waals surface area contributed by atoms with Gasteiger partial charge in [0.25, 0.3) is 0 Å². The van der Waals surface area contributed by atoms with Gasteiger partial charge in [-0.1, -0.05) is 49.9 Å². The molecule has 1 aromatic carbocycles. The third-order valence-corrected chi connectivity index (χ3v) is 5.59. The van der Waals surface area contributed by atoms with E-state index in [1.54, 1.807) is 13.8 Å². The van der Waals surface area contributed by atoms with Crippen LogP contribution in [0.5, 0.6) is 0 Å². The summed E-state index contributed by atoms with van der Waals surface area (Å²) in [6.45, 7) is 8.38. The summed E-state index contributed by atoms with van der Waals surface area (Å²) in [5.74, 6) is -1.89. The molecule has 10 nitrogen and oxygen atoms in total. The van der Waals surface area contributed by atoms with E-state index in [2.05, 4.69) is 11.9 Å². The van der Waals surface area contributed by atoms with Gasteiger partial charge in [0.1, 0.15) is 24.9 Å². The number of ether oxygens (including phenoxy) is 6. The Bertz CT molecular complexity index is 877. The molecular formula is C25H33NO9. The first kappa shape index (κ1) is 26.8. The summed E-state index contributed by atoms with van der Waals surface area (Å²) in [5.41, 5.74) is 0.799. The van der Waals surface area contributed by atoms with Crippen molar-refractivity contribution < 1.29 is 42.8 Å². The molecule has 0 radical (unpaired) electrons. The molecule has 2 aliphatic heterocycles. The molecule has 2 heterocycles. The molecule has 2 aliphatic rings. The van der Waals surface area contributed by atoms with E-state index >= 15 is 0 Å². The number of carbonyl (C=O) groups is 3. The Morgan fingerprint density at radius 2 is 1.97 bits per heavy atom. The summed E-state index contributed by atoms with van der Waals surface area (Å²) in [6.07, 6.45) is -2.38. The Hall–Kier alpha value is -2.79. The van der Waals surface area contributed by atoms with Crippen molar-refractivity contribution in [3.63, 3.8) is 0 Å². The number of nitrogens with one attached hydrogen (secondary N) is 1. The van der Waals surface area contributed by atoms with Crippen LogP contribution in [0.25, 0.3) is 0 Å². The largest absolute Gasteiger partial charge is 0.461 e. The maximum atomic E-state index is 12.3. The van der Waals surface area contributed by atoms with Crippen LogP contribution in [0, 0.1) is 5.92 Å². The molecule has 0 spiro atoms. The third kappa shape index (κ3) is 7.11. The predicted molar refractivity (Wildman–Crippen MR) is 123 cm³/mol. The molecule has 35 heavy (non-hydrogen) atoms. The highest BCUT2D eigenvalue weighted by Crippen LogP contribution is 2.36. The number of esters is 2. The average Bonchev–Trinajstić information content (AvgIpc) is 2.87. The first-order chi connectivity index (χ1) is 16.8. The summed E-state index contributed by atoms with van der Waals surface area (Å²) in [7, 11) is 0. The van der Waals surface area contributed by atoms with Gasteiger partial charge in [-0.25, -0.2) is 0 Å². The molecule has 0 aliphatic carbocycles. The van der Waals surface area contributed by atoms with Crippen LogP contribution in [0.4, 0.5) is 0 Å². The van der Waals surface area contributed by atoms with E-state index in [0.717, 1.165) is 5.56 Å². The number of rotatable bonds is 10. The minimum Gasteiger partial charge on any atom is -0.461 e. The molecule has 3 rings (SSSR count). The van der Waals surface area contributed by atoms with Crippen LogP contribution in [0.2, 0.25) is 0 Å². The van der Waals surface area contributed by atoms with Crippen LogP contribution in [0.3, 0.4) is 0 Å². The molecule has 0 bridgehead atoms. The monoisotopic (exact) mass is 491 g/mol. The molecule has 1 aromatic rings. The number of benzene rings is 1. The summed E-state index contributed by atoms with van der Waals surface area (Å²) in [6, 6.07) is 8.47. The normalized spacial score (nSPS) is 28.8. The van der Waals surface area contributed by atoms with Crippen molar-refractivity contribution >= 4 is 17.8 Å². The summed E-state index contributed by atoms with van der Waals surface area (Å²) >= 11 is 0. The number of hydrogen-bond acceptors (Lipinski definition) is 9. The standard InChI is InChI=1S/C25H33NO9/c1-5-12-30-23(29)15(3)13-31-25-20(26-16(4)27)22(34-19(28)6-2)21-18(33-25)14-32-24(35-21)17-10-8-7-9-11-17/h5,7-11,15,18,20-22,24-25H,1,6,12-14H2,2-4H3,(H,26,27)/t15?,18?,20?,21-,22+,24?,25+/m0/s1. The Morgan fingerprint density at radius 1 is 1.23 bits per heavy atom. The van der Waals surface area contributed by atoms with E-state index in [4.69, 9.17) is 28.4 Å². The molecule has 4 unspecified atom stereocenters. The molecule has 2 fully saturated rings. The van der Waals surface area contributed by atoms with E-state index in [1.807, 2.05) is 30.3 Å². The minimum atomic E-state index is -1.02. The van der Waals surface area contributed by atoms with Crippen molar-refractivity contribution in [2.45, 2.75) is 64.1 Å². The first-order valence-corrected chi connectivity index (χ1v) is 11.7. The highest BCUT2D eigenvalue weighted by atomic mass is 16.8. The molecular weight excluding hydrogens is 458 g/mol. The minimum absolute atomic E-state index is 0.0447. The van der Waals surface area contributed by atoms with Crippen LogP contribution in [0.1, 0.15) is 39.0 Å². The van der Waals surface area contributed by atoms with Gasteiger partial charge in [0, 0.05) is 18.9 Å². The fourth-order valence-electron chi connectivity index (χ4n) is 3.85. The van der Waals surface area contributed by atoms with E-state index in [-0.39, 0.29) is 32.1 Å². The van der Waals surface area contributed by atoms with Crippen molar-refractivity contribution in [2.75, 3.05) is 19.8 Å². The quantitative estimate of drug-likeness (QED) is 0.387. The fraction of sp³-hybridized carbons (Fsp3) is 0.560. The van der Waals surface area contributed by atoms with Crippen LogP contribution in [0.15, 0.2) is 43.0 Å². The number of amides is 1. The van der Waals surface area contributed by atoms with Crippen molar-refractivity contribution in [3.05, 3.63) is 48.6 Å². The van der Waals surface area contributed by atoms with Crippen molar-refractivity contribution in [2.24, 2.45) is 5.92 Å². The Balaban J connectivity index is 1.80. The fourth-order valence-corrected chi connectivity index (χ4v) is 3.85. The van der Waals surface area contributed by atoms with Gasteiger partial charge < -0.3 is 33.7 Å². The topological polar surface area (TPSA) is 119 Å². The van der Waals surface area contributed by atoms with E-state index in [1.165, 1.54) is 13.0 Å². The van der Waals surface area contributed by atoms with Gasteiger partial charge in [0.15, 0.2) is 18.7 Å². The smallest absolute Gasteiger partial charge is 0.311 e. The van der Waals surface area contributed by atoms with Crippen molar-refractivity contribution in [3.8, 4) is 0 Å². The Labute approximate surface area is 204 Å². The summed E-state index contributed by atoms with van der Waals surface area (Å²) in [4.78, 5) is 36.5. The van der Waals surface area contributed by atoms with Crippen LogP contribution < -0.4 is 5.32 Å². The SMILES string of the molecule is C=CCOC(=O)C(C)CO[C@@H]1OC2COC(c3ccccc3)O[C@@H]2[C@H](OC(=O)CC)C1NC(C)=O. The zero-order valence-electron chi connectivity index (χ0n) is 20.2. The molecule has 1 amide bonds. The van der Waals surface area contributed by atoms with Gasteiger partial charge in [0.2, 0.25) is 5.91 Å². The van der Waals surface area contributed by atoms with E-state index in [9.17, 15) is 14.4 Å². The average molecular weight is 492 g/mol. The number of fused-ring (bicyclic) bond motifs is 1. The second-order valence-corrected chi connectivity index (χ2v) is 8.41. The second kappa shape index (κ2) is 12.8. The lowest BCUT2D eigenvalue weighted by Crippen LogP contribution is -2.67. The van der Waals surface area contributed by atoms with Crippen LogP contribution in [-0.4, -0.2) is 68.3 Å². The van der Waals surface area contributed by atoms with E-state index < -0.39 is 54.8 Å². The molecule has 192 valence electrons. The molecule has 0 aromatic heterocycles. The molecule has 10 heteroatoms. The zero-order chi connectivity index (χ0) is 25.4. The zero-order valence-corrected chi connectivity index (χ0v) is 20.2. The summed E-state index contributed by atoms with van der Waals surface area (Å²) < 4.78 is 34.9. The summed E-state index contributed by atoms with van der Waals surface area (Å²) in [5, 5.41) is 2.77. The first-order valence-electron chi connectivity index (χ1n) is 11.7. The Kier molecular flexibility index (Phi) is 9.79. The van der Waals surface area contributed by atoms with Gasteiger partial charge in [-0.15, -0.1) is 0 Å². The number of hydrogen-bond donors (Lipinski definition) is 1. The lowest BCUT2D eigenvalue weighted by molar-refractivity contribution is -0.345. The van der Waals surface area contributed by atoms with Gasteiger partial charge >= 0.3 is 11.9 Å². The Morgan fingerprint density at radius 3 is 2.63 bits per heavy atom. The highest BCUT2D eigenvalue weighted by Gasteiger charge is 2.52.